The highest BCUT2D eigenvalue weighted by Gasteiger charge is 2.07. The van der Waals surface area contributed by atoms with Crippen molar-refractivity contribution in [1.82, 2.24) is 0 Å². The van der Waals surface area contributed by atoms with Crippen LogP contribution in [0.5, 0.6) is 11.5 Å². The standard InChI is InChI=1S/C17H17FO2/c1-3-6-13-9-10-16(17(11-13)19-2)20-12-14-7-4-5-8-15(14)18/h3-5,7-11H,1,6,12H2,2H3. The molecule has 0 amide bonds. The first-order valence-corrected chi connectivity index (χ1v) is 6.38. The zero-order valence-electron chi connectivity index (χ0n) is 11.4. The van der Waals surface area contributed by atoms with Gasteiger partial charge in [-0.05, 0) is 30.2 Å². The lowest BCUT2D eigenvalue weighted by atomic mass is 10.1. The molecule has 2 aromatic rings. The molecule has 0 aromatic heterocycles. The topological polar surface area (TPSA) is 18.5 Å². The Morgan fingerprint density at radius 1 is 1.15 bits per heavy atom. The van der Waals surface area contributed by atoms with Crippen molar-refractivity contribution in [2.24, 2.45) is 0 Å². The first-order chi connectivity index (χ1) is 9.74. The average molecular weight is 272 g/mol. The van der Waals surface area contributed by atoms with Crippen molar-refractivity contribution in [1.29, 1.82) is 0 Å². The Morgan fingerprint density at radius 2 is 1.95 bits per heavy atom. The van der Waals surface area contributed by atoms with Crippen molar-refractivity contribution in [2.45, 2.75) is 13.0 Å². The molecule has 3 heteroatoms. The van der Waals surface area contributed by atoms with E-state index in [1.54, 1.807) is 25.3 Å². The molecule has 0 N–H and O–H groups in total. The average Bonchev–Trinajstić information content (AvgIpc) is 2.47. The number of rotatable bonds is 6. The van der Waals surface area contributed by atoms with Gasteiger partial charge in [0.15, 0.2) is 11.5 Å². The summed E-state index contributed by atoms with van der Waals surface area (Å²) in [6.45, 7) is 3.88. The second-order valence-corrected chi connectivity index (χ2v) is 4.36. The Bertz CT molecular complexity index is 593. The summed E-state index contributed by atoms with van der Waals surface area (Å²) in [6.07, 6.45) is 2.60. The van der Waals surface area contributed by atoms with E-state index in [4.69, 9.17) is 9.47 Å². The zero-order chi connectivity index (χ0) is 14.4. The lowest BCUT2D eigenvalue weighted by Gasteiger charge is -2.12. The summed E-state index contributed by atoms with van der Waals surface area (Å²) in [5.41, 5.74) is 1.61. The van der Waals surface area contributed by atoms with Crippen LogP contribution in [0.4, 0.5) is 4.39 Å². The molecule has 104 valence electrons. The molecular weight excluding hydrogens is 255 g/mol. The molecule has 0 radical (unpaired) electrons. The Labute approximate surface area is 118 Å². The van der Waals surface area contributed by atoms with Crippen LogP contribution < -0.4 is 9.47 Å². The van der Waals surface area contributed by atoms with E-state index in [2.05, 4.69) is 6.58 Å². The number of benzene rings is 2. The largest absolute Gasteiger partial charge is 0.493 e. The highest BCUT2D eigenvalue weighted by Crippen LogP contribution is 2.29. The summed E-state index contributed by atoms with van der Waals surface area (Å²) < 4.78 is 24.5. The van der Waals surface area contributed by atoms with E-state index in [0.717, 1.165) is 12.0 Å². The van der Waals surface area contributed by atoms with Gasteiger partial charge in [-0.2, -0.15) is 0 Å². The van der Waals surface area contributed by atoms with Crippen molar-refractivity contribution < 1.29 is 13.9 Å². The van der Waals surface area contributed by atoms with Gasteiger partial charge in [0.2, 0.25) is 0 Å². The molecule has 0 aliphatic rings. The Hall–Kier alpha value is -2.29. The van der Waals surface area contributed by atoms with Gasteiger partial charge < -0.3 is 9.47 Å². The molecule has 2 aromatic carbocycles. The number of methoxy groups -OCH3 is 1. The van der Waals surface area contributed by atoms with E-state index >= 15 is 0 Å². The van der Waals surface area contributed by atoms with Crippen LogP contribution >= 0.6 is 0 Å². The molecule has 0 bridgehead atoms. The molecule has 0 saturated heterocycles. The van der Waals surface area contributed by atoms with Crippen LogP contribution in [0.2, 0.25) is 0 Å². The molecule has 0 fully saturated rings. The predicted octanol–water partition coefficient (Wildman–Crippen LogP) is 4.14. The number of hydrogen-bond acceptors (Lipinski definition) is 2. The molecular formula is C17H17FO2. The maximum Gasteiger partial charge on any atom is 0.161 e. The van der Waals surface area contributed by atoms with Crippen LogP contribution in [0.15, 0.2) is 55.1 Å². The molecule has 0 spiro atoms. The van der Waals surface area contributed by atoms with E-state index in [9.17, 15) is 4.39 Å². The van der Waals surface area contributed by atoms with Crippen molar-refractivity contribution in [3.05, 3.63) is 72.1 Å². The lowest BCUT2D eigenvalue weighted by Crippen LogP contribution is -2.00. The summed E-state index contributed by atoms with van der Waals surface area (Å²) in [4.78, 5) is 0. The third-order valence-corrected chi connectivity index (χ3v) is 2.95. The van der Waals surface area contributed by atoms with E-state index in [1.165, 1.54) is 6.07 Å². The fourth-order valence-electron chi connectivity index (χ4n) is 1.90. The number of halogens is 1. The SMILES string of the molecule is C=CCc1ccc(OCc2ccccc2F)c(OC)c1. The van der Waals surface area contributed by atoms with Crippen LogP contribution in [0.25, 0.3) is 0 Å². The lowest BCUT2D eigenvalue weighted by molar-refractivity contribution is 0.279. The maximum absolute atomic E-state index is 13.5. The van der Waals surface area contributed by atoms with Crippen LogP contribution in [0, 0.1) is 5.82 Å². The quantitative estimate of drug-likeness (QED) is 0.736. The smallest absolute Gasteiger partial charge is 0.161 e. The van der Waals surface area contributed by atoms with Gasteiger partial charge in [-0.25, -0.2) is 4.39 Å². The second-order valence-electron chi connectivity index (χ2n) is 4.36. The van der Waals surface area contributed by atoms with Gasteiger partial charge in [-0.15, -0.1) is 6.58 Å². The minimum atomic E-state index is -0.269. The van der Waals surface area contributed by atoms with E-state index < -0.39 is 0 Å². The summed E-state index contributed by atoms with van der Waals surface area (Å²) in [5.74, 6) is 0.971. The number of allylic oxidation sites excluding steroid dienone is 1. The highest BCUT2D eigenvalue weighted by atomic mass is 19.1. The van der Waals surface area contributed by atoms with Gasteiger partial charge in [0.25, 0.3) is 0 Å². The molecule has 20 heavy (non-hydrogen) atoms. The molecule has 0 saturated carbocycles. The van der Waals surface area contributed by atoms with Crippen LogP contribution in [-0.2, 0) is 13.0 Å². The van der Waals surface area contributed by atoms with E-state index in [-0.39, 0.29) is 12.4 Å². The molecule has 0 atom stereocenters. The molecule has 0 unspecified atom stereocenters. The molecule has 0 heterocycles. The van der Waals surface area contributed by atoms with Crippen molar-refractivity contribution in [3.63, 3.8) is 0 Å². The summed E-state index contributed by atoms with van der Waals surface area (Å²) >= 11 is 0. The summed E-state index contributed by atoms with van der Waals surface area (Å²) in [5, 5.41) is 0. The third-order valence-electron chi connectivity index (χ3n) is 2.95. The highest BCUT2D eigenvalue weighted by molar-refractivity contribution is 5.43. The molecule has 2 rings (SSSR count). The van der Waals surface area contributed by atoms with Gasteiger partial charge >= 0.3 is 0 Å². The van der Waals surface area contributed by atoms with E-state index in [0.29, 0.717) is 17.1 Å². The van der Waals surface area contributed by atoms with Crippen molar-refractivity contribution in [2.75, 3.05) is 7.11 Å². The number of ether oxygens (including phenoxy) is 2. The third kappa shape index (κ3) is 3.38. The van der Waals surface area contributed by atoms with Crippen molar-refractivity contribution in [3.8, 4) is 11.5 Å². The van der Waals surface area contributed by atoms with Crippen molar-refractivity contribution >= 4 is 0 Å². The molecule has 0 aliphatic carbocycles. The first-order valence-electron chi connectivity index (χ1n) is 6.38. The summed E-state index contributed by atoms with van der Waals surface area (Å²) in [7, 11) is 1.59. The van der Waals surface area contributed by atoms with Gasteiger partial charge in [-0.3, -0.25) is 0 Å². The van der Waals surface area contributed by atoms with Crippen LogP contribution in [0.1, 0.15) is 11.1 Å². The van der Waals surface area contributed by atoms with Gasteiger partial charge in [0, 0.05) is 5.56 Å². The van der Waals surface area contributed by atoms with Gasteiger partial charge in [-0.1, -0.05) is 30.3 Å². The maximum atomic E-state index is 13.5. The minimum absolute atomic E-state index is 0.170. The normalized spacial score (nSPS) is 10.1. The molecule has 2 nitrogen and oxygen atoms in total. The number of hydrogen-bond donors (Lipinski definition) is 0. The Balaban J connectivity index is 2.13. The Morgan fingerprint density at radius 3 is 2.65 bits per heavy atom. The predicted molar refractivity (Wildman–Crippen MR) is 77.6 cm³/mol. The van der Waals surface area contributed by atoms with Gasteiger partial charge in [0.1, 0.15) is 12.4 Å². The minimum Gasteiger partial charge on any atom is -0.493 e. The zero-order valence-corrected chi connectivity index (χ0v) is 11.4. The van der Waals surface area contributed by atoms with Crippen LogP contribution in [-0.4, -0.2) is 7.11 Å². The monoisotopic (exact) mass is 272 g/mol. The molecule has 0 aliphatic heterocycles. The fraction of sp³-hybridized carbons (Fsp3) is 0.176. The van der Waals surface area contributed by atoms with Gasteiger partial charge in [0.05, 0.1) is 7.11 Å². The van der Waals surface area contributed by atoms with E-state index in [1.807, 2.05) is 24.3 Å². The Kier molecular flexibility index (Phi) is 4.77. The second kappa shape index (κ2) is 6.75. The first kappa shape index (κ1) is 14.1. The van der Waals surface area contributed by atoms with Crippen LogP contribution in [0.3, 0.4) is 0 Å². The fourth-order valence-corrected chi connectivity index (χ4v) is 1.90. The summed E-state index contributed by atoms with van der Waals surface area (Å²) in [6, 6.07) is 12.2.